The summed E-state index contributed by atoms with van der Waals surface area (Å²) < 4.78 is 7.07. The summed E-state index contributed by atoms with van der Waals surface area (Å²) in [5.74, 6) is -0.0295. The molecule has 9 heteroatoms. The maximum atomic E-state index is 12.5. The molecule has 140 valence electrons. The molecule has 7 nitrogen and oxygen atoms in total. The monoisotopic (exact) mass is 402 g/mol. The lowest BCUT2D eigenvalue weighted by molar-refractivity contribution is -0.115. The van der Waals surface area contributed by atoms with Crippen molar-refractivity contribution in [2.45, 2.75) is 17.3 Å². The van der Waals surface area contributed by atoms with Crippen molar-refractivity contribution < 1.29 is 14.3 Å². The number of benzene rings is 1. The molecule has 2 aromatic heterocycles. The molecule has 1 unspecified atom stereocenters. The van der Waals surface area contributed by atoms with E-state index in [0.29, 0.717) is 15.7 Å². The van der Waals surface area contributed by atoms with E-state index in [1.807, 2.05) is 35.0 Å². The number of aromatic nitrogens is 2. The Kier molecular flexibility index (Phi) is 5.82. The van der Waals surface area contributed by atoms with E-state index >= 15 is 0 Å². The highest BCUT2D eigenvalue weighted by atomic mass is 32.2. The number of anilines is 1. The summed E-state index contributed by atoms with van der Waals surface area (Å²) in [4.78, 5) is 28.2. The molecule has 3 N–H and O–H groups in total. The fourth-order valence-electron chi connectivity index (χ4n) is 2.34. The fourth-order valence-corrected chi connectivity index (χ4v) is 4.02. The van der Waals surface area contributed by atoms with Crippen LogP contribution >= 0.6 is 23.1 Å². The molecule has 0 radical (unpaired) electrons. The number of carbonyl (C=O) groups is 2. The van der Waals surface area contributed by atoms with Gasteiger partial charge in [-0.25, -0.2) is 4.98 Å². The van der Waals surface area contributed by atoms with Gasteiger partial charge in [-0.3, -0.25) is 14.2 Å². The Balaban J connectivity index is 1.71. The second-order valence-corrected chi connectivity index (χ2v) is 7.78. The van der Waals surface area contributed by atoms with E-state index in [0.717, 1.165) is 11.4 Å². The number of methoxy groups -OCH3 is 1. The molecule has 2 heterocycles. The number of amides is 2. The zero-order valence-corrected chi connectivity index (χ0v) is 16.3. The van der Waals surface area contributed by atoms with Gasteiger partial charge in [0.15, 0.2) is 5.16 Å². The maximum Gasteiger partial charge on any atom is 0.251 e. The van der Waals surface area contributed by atoms with E-state index < -0.39 is 11.2 Å². The average molecular weight is 403 g/mol. The highest BCUT2D eigenvalue weighted by molar-refractivity contribution is 8.00. The van der Waals surface area contributed by atoms with Crippen molar-refractivity contribution in [2.75, 3.05) is 12.4 Å². The van der Waals surface area contributed by atoms with E-state index in [2.05, 4.69) is 10.3 Å². The molecule has 27 heavy (non-hydrogen) atoms. The summed E-state index contributed by atoms with van der Waals surface area (Å²) in [7, 11) is 1.62. The largest absolute Gasteiger partial charge is 0.497 e. The Morgan fingerprint density at radius 2 is 2.04 bits per heavy atom. The van der Waals surface area contributed by atoms with Crippen molar-refractivity contribution in [1.29, 1.82) is 0 Å². The highest BCUT2D eigenvalue weighted by Gasteiger charge is 2.20. The number of nitrogens with one attached hydrogen (secondary N) is 1. The molecule has 0 aliphatic rings. The van der Waals surface area contributed by atoms with E-state index in [-0.39, 0.29) is 5.91 Å². The van der Waals surface area contributed by atoms with Gasteiger partial charge in [-0.2, -0.15) is 0 Å². The Bertz CT molecular complexity index is 950. The predicted molar refractivity (Wildman–Crippen MR) is 107 cm³/mol. The first-order chi connectivity index (χ1) is 13.0. The Hall–Kier alpha value is -2.78. The minimum atomic E-state index is -0.568. The van der Waals surface area contributed by atoms with Crippen LogP contribution in [0.15, 0.2) is 53.3 Å². The van der Waals surface area contributed by atoms with E-state index in [4.69, 9.17) is 10.5 Å². The Labute approximate surface area is 164 Å². The number of ether oxygens (including phenoxy) is 1. The first kappa shape index (κ1) is 19.0. The van der Waals surface area contributed by atoms with Crippen LogP contribution in [0, 0.1) is 0 Å². The highest BCUT2D eigenvalue weighted by Crippen LogP contribution is 2.28. The number of nitrogens with zero attached hydrogens (tertiary/aromatic N) is 2. The summed E-state index contributed by atoms with van der Waals surface area (Å²) >= 11 is 2.58. The first-order valence-electron chi connectivity index (χ1n) is 8.02. The van der Waals surface area contributed by atoms with Crippen molar-refractivity contribution in [1.82, 2.24) is 9.55 Å². The number of nitrogens with two attached hydrogens (primary N) is 1. The van der Waals surface area contributed by atoms with E-state index in [9.17, 15) is 9.59 Å². The Morgan fingerprint density at radius 3 is 2.70 bits per heavy atom. The predicted octanol–water partition coefficient (Wildman–Crippen LogP) is 3.16. The van der Waals surface area contributed by atoms with Gasteiger partial charge in [0.2, 0.25) is 5.91 Å². The lowest BCUT2D eigenvalue weighted by atomic mass is 10.3. The molecular weight excluding hydrogens is 384 g/mol. The van der Waals surface area contributed by atoms with Crippen LogP contribution in [0.4, 0.5) is 5.00 Å². The third-order valence-corrected chi connectivity index (χ3v) is 5.69. The van der Waals surface area contributed by atoms with Gasteiger partial charge in [0.05, 0.1) is 17.9 Å². The van der Waals surface area contributed by atoms with Crippen LogP contribution < -0.4 is 15.8 Å². The fraction of sp³-hybridized carbons (Fsp3) is 0.167. The Morgan fingerprint density at radius 1 is 1.30 bits per heavy atom. The second-order valence-electron chi connectivity index (χ2n) is 5.55. The SMILES string of the molecule is COc1ccc(-n2ccnc2SC(C)C(=O)Nc2sccc2C(N)=O)cc1. The normalized spacial score (nSPS) is 11.8. The maximum absolute atomic E-state index is 12.5. The summed E-state index contributed by atoms with van der Waals surface area (Å²) in [6, 6.07) is 9.15. The number of thioether (sulfide) groups is 1. The zero-order chi connectivity index (χ0) is 19.4. The number of rotatable bonds is 7. The van der Waals surface area contributed by atoms with Crippen LogP contribution in [0.5, 0.6) is 5.75 Å². The number of carbonyl (C=O) groups excluding carboxylic acids is 2. The summed E-state index contributed by atoms with van der Waals surface area (Å²) in [6.45, 7) is 1.78. The van der Waals surface area contributed by atoms with Crippen molar-refractivity contribution >= 4 is 39.9 Å². The van der Waals surface area contributed by atoms with Crippen LogP contribution in [0.1, 0.15) is 17.3 Å². The third-order valence-electron chi connectivity index (χ3n) is 3.78. The molecule has 0 fully saturated rings. The zero-order valence-electron chi connectivity index (χ0n) is 14.7. The molecule has 0 bridgehead atoms. The third kappa shape index (κ3) is 4.32. The van der Waals surface area contributed by atoms with Crippen LogP contribution in [0.25, 0.3) is 5.69 Å². The lowest BCUT2D eigenvalue weighted by Crippen LogP contribution is -2.24. The number of primary amides is 1. The molecule has 0 saturated heterocycles. The van der Waals surface area contributed by atoms with Crippen LogP contribution in [0.3, 0.4) is 0 Å². The quantitative estimate of drug-likeness (QED) is 0.592. The smallest absolute Gasteiger partial charge is 0.251 e. The van der Waals surface area contributed by atoms with Crippen LogP contribution in [-0.4, -0.2) is 33.7 Å². The van der Waals surface area contributed by atoms with Gasteiger partial charge in [-0.05, 0) is 42.6 Å². The summed E-state index contributed by atoms with van der Waals surface area (Å²) in [5, 5.41) is 5.19. The molecule has 0 aliphatic carbocycles. The van der Waals surface area contributed by atoms with Gasteiger partial charge >= 0.3 is 0 Å². The first-order valence-corrected chi connectivity index (χ1v) is 9.78. The minimum Gasteiger partial charge on any atom is -0.497 e. The number of thiophene rings is 1. The topological polar surface area (TPSA) is 99.2 Å². The molecule has 1 aromatic carbocycles. The van der Waals surface area contributed by atoms with Crippen LogP contribution in [0.2, 0.25) is 0 Å². The standard InChI is InChI=1S/C18H18N4O3S2/c1-11(16(24)21-17-14(15(19)23)7-10-26-17)27-18-20-8-9-22(18)12-3-5-13(25-2)6-4-12/h3-11H,1-2H3,(H2,19,23)(H,21,24). The van der Waals surface area contributed by atoms with Gasteiger partial charge in [0.1, 0.15) is 10.8 Å². The number of hydrogen-bond acceptors (Lipinski definition) is 6. The number of hydrogen-bond donors (Lipinski definition) is 2. The molecule has 0 spiro atoms. The van der Waals surface area contributed by atoms with E-state index in [1.165, 1.54) is 23.1 Å². The molecule has 3 rings (SSSR count). The molecule has 0 saturated carbocycles. The van der Waals surface area contributed by atoms with Gasteiger partial charge < -0.3 is 15.8 Å². The molecule has 3 aromatic rings. The average Bonchev–Trinajstić information content (AvgIpc) is 3.31. The molecular formula is C18H18N4O3S2. The van der Waals surface area contributed by atoms with Crippen molar-refractivity contribution in [3.05, 3.63) is 53.7 Å². The number of imidazole rings is 1. The molecule has 0 aliphatic heterocycles. The second kappa shape index (κ2) is 8.28. The summed E-state index contributed by atoms with van der Waals surface area (Å²) in [6.07, 6.45) is 3.51. The molecule has 2 amide bonds. The molecule has 1 atom stereocenters. The van der Waals surface area contributed by atoms with E-state index in [1.54, 1.807) is 31.7 Å². The van der Waals surface area contributed by atoms with Gasteiger partial charge in [-0.1, -0.05) is 11.8 Å². The van der Waals surface area contributed by atoms with Crippen LogP contribution in [-0.2, 0) is 4.79 Å². The summed E-state index contributed by atoms with van der Waals surface area (Å²) in [5.41, 5.74) is 6.54. The van der Waals surface area contributed by atoms with Crippen molar-refractivity contribution in [3.8, 4) is 11.4 Å². The minimum absolute atomic E-state index is 0.228. The van der Waals surface area contributed by atoms with Gasteiger partial charge in [-0.15, -0.1) is 11.3 Å². The van der Waals surface area contributed by atoms with Gasteiger partial charge in [0, 0.05) is 18.1 Å². The van der Waals surface area contributed by atoms with Gasteiger partial charge in [0.25, 0.3) is 5.91 Å². The lowest BCUT2D eigenvalue weighted by Gasteiger charge is -2.13. The van der Waals surface area contributed by atoms with Crippen molar-refractivity contribution in [3.63, 3.8) is 0 Å². The van der Waals surface area contributed by atoms with Crippen molar-refractivity contribution in [2.24, 2.45) is 5.73 Å².